The van der Waals surface area contributed by atoms with Gasteiger partial charge in [0.15, 0.2) is 0 Å². The summed E-state index contributed by atoms with van der Waals surface area (Å²) in [5.41, 5.74) is 2.90. The maximum absolute atomic E-state index is 13.1. The summed E-state index contributed by atoms with van der Waals surface area (Å²) in [6.45, 7) is 3.74. The van der Waals surface area contributed by atoms with Crippen LogP contribution in [0, 0.1) is 12.8 Å². The molecule has 7 nitrogen and oxygen atoms in total. The van der Waals surface area contributed by atoms with Crippen LogP contribution >= 0.6 is 0 Å². The summed E-state index contributed by atoms with van der Waals surface area (Å²) in [5.74, 6) is -0.155. The molecule has 1 aromatic carbocycles. The van der Waals surface area contributed by atoms with Crippen LogP contribution in [0.1, 0.15) is 42.1 Å². The summed E-state index contributed by atoms with van der Waals surface area (Å²) in [7, 11) is 0. The third kappa shape index (κ3) is 4.62. The summed E-state index contributed by atoms with van der Waals surface area (Å²) < 4.78 is 5.41. The average molecular weight is 409 g/mol. The Labute approximate surface area is 176 Å². The SMILES string of the molecule is Cc1ccc([C@@H]2CCON2C(=O)C2CCN(C(=O)OCc3ccccc3)CC2)cn1. The van der Waals surface area contributed by atoms with E-state index in [2.05, 4.69) is 4.98 Å². The number of aromatic nitrogens is 1. The van der Waals surface area contributed by atoms with E-state index in [4.69, 9.17) is 9.57 Å². The number of rotatable bonds is 4. The van der Waals surface area contributed by atoms with Crippen LogP contribution in [0.3, 0.4) is 0 Å². The number of aryl methyl sites for hydroxylation is 1. The van der Waals surface area contributed by atoms with Gasteiger partial charge in [0.25, 0.3) is 0 Å². The Balaban J connectivity index is 1.29. The summed E-state index contributed by atoms with van der Waals surface area (Å²) in [5, 5.41) is 1.53. The van der Waals surface area contributed by atoms with Crippen LogP contribution in [-0.4, -0.2) is 46.6 Å². The van der Waals surface area contributed by atoms with Crippen molar-refractivity contribution in [3.63, 3.8) is 0 Å². The van der Waals surface area contributed by atoms with E-state index in [1.165, 1.54) is 5.06 Å². The van der Waals surface area contributed by atoms with E-state index in [0.717, 1.165) is 23.2 Å². The van der Waals surface area contributed by atoms with Gasteiger partial charge >= 0.3 is 6.09 Å². The number of carbonyl (C=O) groups excluding carboxylic acids is 2. The number of pyridine rings is 1. The van der Waals surface area contributed by atoms with Crippen molar-refractivity contribution in [2.75, 3.05) is 19.7 Å². The fourth-order valence-electron chi connectivity index (χ4n) is 3.97. The smallest absolute Gasteiger partial charge is 0.410 e. The van der Waals surface area contributed by atoms with Gasteiger partial charge in [-0.05, 0) is 37.0 Å². The minimum Gasteiger partial charge on any atom is -0.445 e. The topological polar surface area (TPSA) is 72.0 Å². The number of amides is 2. The number of benzene rings is 1. The van der Waals surface area contributed by atoms with Gasteiger partial charge in [-0.25, -0.2) is 9.86 Å². The second kappa shape index (κ2) is 9.26. The molecule has 158 valence electrons. The van der Waals surface area contributed by atoms with Gasteiger partial charge in [-0.1, -0.05) is 36.4 Å². The minimum absolute atomic E-state index is 0.00428. The van der Waals surface area contributed by atoms with Gasteiger partial charge in [-0.2, -0.15) is 0 Å². The van der Waals surface area contributed by atoms with E-state index in [1.54, 1.807) is 4.90 Å². The van der Waals surface area contributed by atoms with E-state index < -0.39 is 0 Å². The van der Waals surface area contributed by atoms with Crippen molar-refractivity contribution in [2.45, 2.75) is 38.8 Å². The molecule has 0 aliphatic carbocycles. The Bertz CT molecular complexity index is 864. The van der Waals surface area contributed by atoms with Gasteiger partial charge in [-0.3, -0.25) is 14.6 Å². The van der Waals surface area contributed by atoms with Crippen LogP contribution in [0.15, 0.2) is 48.7 Å². The number of ether oxygens (including phenoxy) is 1. The Kier molecular flexibility index (Phi) is 6.28. The van der Waals surface area contributed by atoms with Crippen LogP contribution < -0.4 is 0 Å². The predicted octanol–water partition coefficient (Wildman–Crippen LogP) is 3.64. The minimum atomic E-state index is -0.328. The zero-order valence-corrected chi connectivity index (χ0v) is 17.2. The molecule has 0 unspecified atom stereocenters. The van der Waals surface area contributed by atoms with Crippen LogP contribution in [-0.2, 0) is 21.0 Å². The Morgan fingerprint density at radius 2 is 1.87 bits per heavy atom. The van der Waals surface area contributed by atoms with Crippen molar-refractivity contribution in [3.8, 4) is 0 Å². The maximum atomic E-state index is 13.1. The second-order valence-electron chi connectivity index (χ2n) is 7.84. The van der Waals surface area contributed by atoms with Gasteiger partial charge in [-0.15, -0.1) is 0 Å². The molecular weight excluding hydrogens is 382 g/mol. The predicted molar refractivity (Wildman–Crippen MR) is 110 cm³/mol. The molecule has 3 heterocycles. The first kappa shape index (κ1) is 20.3. The second-order valence-corrected chi connectivity index (χ2v) is 7.84. The van der Waals surface area contributed by atoms with Crippen molar-refractivity contribution >= 4 is 12.0 Å². The molecule has 0 N–H and O–H groups in total. The maximum Gasteiger partial charge on any atom is 0.410 e. The van der Waals surface area contributed by atoms with E-state index in [-0.39, 0.29) is 30.6 Å². The summed E-state index contributed by atoms with van der Waals surface area (Å²) in [4.78, 5) is 37.1. The molecule has 0 spiro atoms. The average Bonchev–Trinajstić information content (AvgIpc) is 3.28. The van der Waals surface area contributed by atoms with Crippen LogP contribution in [0.4, 0.5) is 4.79 Å². The molecule has 30 heavy (non-hydrogen) atoms. The third-order valence-electron chi connectivity index (χ3n) is 5.75. The first-order valence-corrected chi connectivity index (χ1v) is 10.5. The monoisotopic (exact) mass is 409 g/mol. The van der Waals surface area contributed by atoms with Crippen LogP contribution in [0.2, 0.25) is 0 Å². The first-order valence-electron chi connectivity index (χ1n) is 10.5. The molecule has 0 saturated carbocycles. The van der Waals surface area contributed by atoms with Crippen molar-refractivity contribution in [3.05, 3.63) is 65.5 Å². The lowest BCUT2D eigenvalue weighted by molar-refractivity contribution is -0.183. The molecule has 1 atom stereocenters. The van der Waals surface area contributed by atoms with Crippen molar-refractivity contribution in [1.82, 2.24) is 14.9 Å². The number of nitrogens with zero attached hydrogens (tertiary/aromatic N) is 3. The zero-order valence-electron chi connectivity index (χ0n) is 17.2. The lowest BCUT2D eigenvalue weighted by atomic mass is 9.95. The normalized spacial score (nSPS) is 19.7. The molecule has 2 aliphatic heterocycles. The largest absolute Gasteiger partial charge is 0.445 e. The Hall–Kier alpha value is -2.93. The van der Waals surface area contributed by atoms with Gasteiger partial charge in [0.2, 0.25) is 5.91 Å². The van der Waals surface area contributed by atoms with Gasteiger partial charge in [0.1, 0.15) is 6.61 Å². The van der Waals surface area contributed by atoms with Crippen molar-refractivity contribution < 1.29 is 19.2 Å². The highest BCUT2D eigenvalue weighted by Crippen LogP contribution is 2.33. The quantitative estimate of drug-likeness (QED) is 0.771. The molecule has 7 heteroatoms. The Morgan fingerprint density at radius 3 is 2.57 bits per heavy atom. The number of hydrogen-bond donors (Lipinski definition) is 0. The Morgan fingerprint density at radius 1 is 1.10 bits per heavy atom. The van der Waals surface area contributed by atoms with Crippen LogP contribution in [0.25, 0.3) is 0 Å². The van der Waals surface area contributed by atoms with E-state index in [0.29, 0.717) is 32.5 Å². The molecule has 0 radical (unpaired) electrons. The molecule has 2 fully saturated rings. The summed E-state index contributed by atoms with van der Waals surface area (Å²) in [6, 6.07) is 13.5. The van der Waals surface area contributed by atoms with Crippen molar-refractivity contribution in [1.29, 1.82) is 0 Å². The highest BCUT2D eigenvalue weighted by Gasteiger charge is 2.37. The molecule has 2 saturated heterocycles. The van der Waals surface area contributed by atoms with E-state index >= 15 is 0 Å². The standard InChI is InChI=1S/C23H27N3O4/c1-17-7-8-20(15-24-17)21-11-14-30-26(21)22(27)19-9-12-25(13-10-19)23(28)29-16-18-5-3-2-4-6-18/h2-8,15,19,21H,9-14,16H2,1H3/t21-/m0/s1. The van der Waals surface area contributed by atoms with Gasteiger partial charge in [0.05, 0.1) is 12.6 Å². The molecule has 4 rings (SSSR count). The fourth-order valence-corrected chi connectivity index (χ4v) is 3.97. The molecule has 2 amide bonds. The first-order chi connectivity index (χ1) is 14.6. The lowest BCUT2D eigenvalue weighted by Crippen LogP contribution is -2.44. The number of piperidine rings is 1. The summed E-state index contributed by atoms with van der Waals surface area (Å²) >= 11 is 0. The highest BCUT2D eigenvalue weighted by molar-refractivity contribution is 5.79. The van der Waals surface area contributed by atoms with Crippen LogP contribution in [0.5, 0.6) is 0 Å². The third-order valence-corrected chi connectivity index (χ3v) is 5.75. The highest BCUT2D eigenvalue weighted by atomic mass is 16.7. The molecule has 2 aromatic rings. The number of hydrogen-bond acceptors (Lipinski definition) is 5. The zero-order chi connectivity index (χ0) is 20.9. The van der Waals surface area contributed by atoms with Crippen molar-refractivity contribution in [2.24, 2.45) is 5.92 Å². The molecule has 2 aliphatic rings. The van der Waals surface area contributed by atoms with E-state index in [9.17, 15) is 9.59 Å². The number of carbonyl (C=O) groups is 2. The lowest BCUT2D eigenvalue weighted by Gasteiger charge is -2.33. The van der Waals surface area contributed by atoms with Gasteiger partial charge < -0.3 is 9.64 Å². The number of hydroxylamine groups is 2. The molecule has 0 bridgehead atoms. The molecule has 1 aromatic heterocycles. The van der Waals surface area contributed by atoms with Gasteiger partial charge in [0, 0.05) is 37.3 Å². The van der Waals surface area contributed by atoms with E-state index in [1.807, 2.05) is 55.6 Å². The summed E-state index contributed by atoms with van der Waals surface area (Å²) in [6.07, 6.45) is 3.48. The molecular formula is C23H27N3O4. The fraction of sp³-hybridized carbons (Fsp3) is 0.435. The number of likely N-dealkylation sites (tertiary alicyclic amines) is 1.